The van der Waals surface area contributed by atoms with Gasteiger partial charge in [-0.2, -0.15) is 13.2 Å². The zero-order valence-electron chi connectivity index (χ0n) is 4.07. The average Bonchev–Trinajstić information content (AvgIpc) is 1.63. The maximum atomic E-state index is 11.0. The second-order valence-electron chi connectivity index (χ2n) is 0.764. The van der Waals surface area contributed by atoms with E-state index < -0.39 is 17.6 Å². The second-order valence-corrected chi connectivity index (χ2v) is 1.53. The first-order chi connectivity index (χ1) is 4.06. The van der Waals surface area contributed by atoms with E-state index in [1.807, 2.05) is 0 Å². The number of alkyl halides is 3. The molecule has 0 aromatic heterocycles. The number of hydrogen-bond acceptors (Lipinski definition) is 4. The fourth-order valence-electron chi connectivity index (χ4n) is 0.0695. The van der Waals surface area contributed by atoms with Crippen molar-refractivity contribution >= 4 is 18.5 Å². The van der Waals surface area contributed by atoms with Gasteiger partial charge in [-0.25, -0.2) is 0 Å². The standard InChI is InChI=1S/C2F3O3S.Ag/c3-2(4,5)9-8-7-1-6;/q-1;+1. The molecule has 0 saturated heterocycles. The molecule has 0 heterocycles. The SMILES string of the molecule is O=[C-]OOSC(F)(F)F.[Ag+]. The number of carbonyl (C=O) groups excluding carboxylic acids is 1. The molecule has 0 unspecified atom stereocenters. The molecule has 0 aliphatic carbocycles. The topological polar surface area (TPSA) is 35.5 Å². The summed E-state index contributed by atoms with van der Waals surface area (Å²) < 4.78 is 36.2. The van der Waals surface area contributed by atoms with Crippen LogP contribution in [0.1, 0.15) is 0 Å². The van der Waals surface area contributed by atoms with Gasteiger partial charge in [0.2, 0.25) is 0 Å². The molecule has 0 amide bonds. The van der Waals surface area contributed by atoms with Crippen LogP contribution < -0.4 is 0 Å². The molecular formula is C2AgF3O3S. The van der Waals surface area contributed by atoms with E-state index in [9.17, 15) is 13.2 Å². The Morgan fingerprint density at radius 3 is 2.20 bits per heavy atom. The van der Waals surface area contributed by atoms with Crippen LogP contribution in [0.2, 0.25) is 0 Å². The third-order valence-corrected chi connectivity index (χ3v) is 0.522. The monoisotopic (exact) mass is 268 g/mol. The van der Waals surface area contributed by atoms with Crippen molar-refractivity contribution in [1.82, 2.24) is 0 Å². The Labute approximate surface area is 73.9 Å². The summed E-state index contributed by atoms with van der Waals surface area (Å²) in [6, 6.07) is 0. The van der Waals surface area contributed by atoms with Crippen LogP contribution in [0.15, 0.2) is 0 Å². The first-order valence-corrected chi connectivity index (χ1v) is 2.25. The van der Waals surface area contributed by atoms with E-state index in [0.717, 1.165) is 0 Å². The minimum absolute atomic E-state index is 0. The molecular weight excluding hydrogens is 269 g/mol. The average molecular weight is 269 g/mol. The molecule has 0 spiro atoms. The Balaban J connectivity index is 0. The van der Waals surface area contributed by atoms with Crippen molar-refractivity contribution in [3.8, 4) is 0 Å². The third-order valence-electron chi connectivity index (χ3n) is 0.197. The van der Waals surface area contributed by atoms with Gasteiger partial charge in [-0.1, -0.05) is 0 Å². The summed E-state index contributed by atoms with van der Waals surface area (Å²) in [5.41, 5.74) is -4.56. The first-order valence-electron chi connectivity index (χ1n) is 1.51. The smallest absolute Gasteiger partial charge is 0.495 e. The zero-order valence-corrected chi connectivity index (χ0v) is 6.37. The predicted molar refractivity (Wildman–Crippen MR) is 21.5 cm³/mol. The van der Waals surface area contributed by atoms with Gasteiger partial charge in [0.05, 0.1) is 0 Å². The minimum Gasteiger partial charge on any atom is -0.495 e. The summed E-state index contributed by atoms with van der Waals surface area (Å²) in [5, 5.41) is 0. The van der Waals surface area contributed by atoms with Crippen molar-refractivity contribution in [2.75, 3.05) is 0 Å². The molecule has 0 aromatic rings. The third kappa shape index (κ3) is 11.2. The van der Waals surface area contributed by atoms with Gasteiger partial charge in [-0.3, -0.25) is 0 Å². The summed E-state index contributed by atoms with van der Waals surface area (Å²) in [6.07, 6.45) is 0. The van der Waals surface area contributed by atoms with Crippen molar-refractivity contribution in [3.05, 3.63) is 0 Å². The molecule has 0 aliphatic rings. The predicted octanol–water partition coefficient (Wildman–Crippen LogP) is 1.17. The van der Waals surface area contributed by atoms with Gasteiger partial charge in [0.1, 0.15) is 0 Å². The molecule has 0 saturated carbocycles. The van der Waals surface area contributed by atoms with Gasteiger partial charge in [-0.15, -0.1) is 4.33 Å². The van der Waals surface area contributed by atoms with Gasteiger partial charge in [-0.05, 0) is 6.47 Å². The Morgan fingerprint density at radius 2 is 1.90 bits per heavy atom. The maximum absolute atomic E-state index is 11.0. The van der Waals surface area contributed by atoms with E-state index in [1.54, 1.807) is 0 Å². The van der Waals surface area contributed by atoms with E-state index in [-0.39, 0.29) is 22.4 Å². The Bertz CT molecular complexity index is 96.2. The Hall–Kier alpha value is 0.310. The second kappa shape index (κ2) is 6.05. The quantitative estimate of drug-likeness (QED) is 0.192. The van der Waals surface area contributed by atoms with E-state index in [4.69, 9.17) is 4.79 Å². The van der Waals surface area contributed by atoms with Crippen LogP contribution in [0.3, 0.4) is 0 Å². The van der Waals surface area contributed by atoms with Gasteiger partial charge in [0, 0.05) is 0 Å². The molecule has 0 aromatic carbocycles. The minimum atomic E-state index is -4.56. The Kier molecular flexibility index (Phi) is 7.83. The van der Waals surface area contributed by atoms with Crippen molar-refractivity contribution in [2.24, 2.45) is 0 Å². The van der Waals surface area contributed by atoms with Crippen LogP contribution in [-0.4, -0.2) is 12.0 Å². The van der Waals surface area contributed by atoms with Crippen molar-refractivity contribution in [3.63, 3.8) is 0 Å². The zero-order chi connectivity index (χ0) is 7.33. The molecule has 0 atom stereocenters. The summed E-state index contributed by atoms with van der Waals surface area (Å²) in [4.78, 5) is 12.2. The summed E-state index contributed by atoms with van der Waals surface area (Å²) >= 11 is -0.927. The fourth-order valence-corrected chi connectivity index (χ4v) is 0.208. The number of halogens is 3. The maximum Gasteiger partial charge on any atom is 1.00 e. The Morgan fingerprint density at radius 1 is 1.40 bits per heavy atom. The number of hydrogen-bond donors (Lipinski definition) is 0. The molecule has 0 bridgehead atoms. The summed E-state index contributed by atoms with van der Waals surface area (Å²) in [7, 11) is 0. The van der Waals surface area contributed by atoms with E-state index in [2.05, 4.69) is 9.22 Å². The van der Waals surface area contributed by atoms with Gasteiger partial charge >= 0.3 is 27.9 Å². The molecule has 8 heteroatoms. The first kappa shape index (κ1) is 12.9. The molecule has 0 aliphatic heterocycles. The van der Waals surface area contributed by atoms with Gasteiger partial charge in [0.25, 0.3) is 0 Å². The van der Waals surface area contributed by atoms with E-state index >= 15 is 0 Å². The molecule has 10 heavy (non-hydrogen) atoms. The molecule has 0 rings (SSSR count). The van der Waals surface area contributed by atoms with E-state index in [0.29, 0.717) is 6.47 Å². The van der Waals surface area contributed by atoms with Crippen molar-refractivity contribution in [2.45, 2.75) is 5.51 Å². The van der Waals surface area contributed by atoms with E-state index in [1.165, 1.54) is 0 Å². The fraction of sp³-hybridized carbons (Fsp3) is 0.500. The van der Waals surface area contributed by atoms with Crippen LogP contribution >= 0.6 is 12.0 Å². The van der Waals surface area contributed by atoms with Crippen molar-refractivity contribution in [1.29, 1.82) is 0 Å². The largest absolute Gasteiger partial charge is 1.00 e. The number of rotatable bonds is 3. The molecule has 0 fully saturated rings. The van der Waals surface area contributed by atoms with Crippen LogP contribution in [0.4, 0.5) is 13.2 Å². The van der Waals surface area contributed by atoms with Gasteiger partial charge < -0.3 is 9.68 Å². The molecule has 0 N–H and O–H groups in total. The van der Waals surface area contributed by atoms with Crippen LogP contribution in [0.25, 0.3) is 0 Å². The summed E-state index contributed by atoms with van der Waals surface area (Å²) in [5.74, 6) is 0. The van der Waals surface area contributed by atoms with Crippen LogP contribution in [0, 0.1) is 0 Å². The van der Waals surface area contributed by atoms with Crippen LogP contribution in [-0.2, 0) is 36.4 Å². The van der Waals surface area contributed by atoms with Crippen molar-refractivity contribution < 1.29 is 49.6 Å². The molecule has 64 valence electrons. The molecule has 3 nitrogen and oxygen atoms in total. The summed E-state index contributed by atoms with van der Waals surface area (Å²) in [6.45, 7) is 0.647. The van der Waals surface area contributed by atoms with Gasteiger partial charge in [0.15, 0.2) is 12.0 Å². The molecule has 0 radical (unpaired) electrons. The normalized spacial score (nSPS) is 9.90. The van der Waals surface area contributed by atoms with Crippen LogP contribution in [0.5, 0.6) is 0 Å².